The van der Waals surface area contributed by atoms with Crippen molar-refractivity contribution in [2.75, 3.05) is 6.54 Å². The number of hydrogen-bond donors (Lipinski definition) is 1. The smallest absolute Gasteiger partial charge is 0.244 e. The van der Waals surface area contributed by atoms with Crippen LogP contribution in [-0.2, 0) is 16.6 Å². The number of nitrogens with one attached hydrogen (secondary N) is 1. The molecule has 1 heterocycles. The maximum Gasteiger partial charge on any atom is 0.244 e. The fourth-order valence-corrected chi connectivity index (χ4v) is 4.56. The summed E-state index contributed by atoms with van der Waals surface area (Å²) in [5, 5.41) is 5.00. The molecular weight excluding hydrogens is 292 g/mol. The van der Waals surface area contributed by atoms with Crippen molar-refractivity contribution in [2.45, 2.75) is 51.2 Å². The lowest BCUT2D eigenvalue weighted by Crippen LogP contribution is -2.36. The highest BCUT2D eigenvalue weighted by molar-refractivity contribution is 7.89. The van der Waals surface area contributed by atoms with Gasteiger partial charge in [-0.15, -0.1) is 17.9 Å². The third-order valence-corrected chi connectivity index (χ3v) is 5.91. The van der Waals surface area contributed by atoms with Gasteiger partial charge in [-0.3, -0.25) is 0 Å². The van der Waals surface area contributed by atoms with E-state index in [2.05, 4.69) is 25.7 Å². The predicted octanol–water partition coefficient (Wildman–Crippen LogP) is 2.83. The van der Waals surface area contributed by atoms with Crippen molar-refractivity contribution in [1.29, 1.82) is 0 Å². The van der Waals surface area contributed by atoms with Gasteiger partial charge in [-0.05, 0) is 19.9 Å². The molecule has 0 unspecified atom stereocenters. The molecule has 1 aromatic rings. The largest absolute Gasteiger partial charge is 0.310 e. The summed E-state index contributed by atoms with van der Waals surface area (Å²) >= 11 is 1.47. The van der Waals surface area contributed by atoms with Crippen molar-refractivity contribution < 1.29 is 8.42 Å². The predicted molar refractivity (Wildman–Crippen MR) is 85.5 cm³/mol. The van der Waals surface area contributed by atoms with Crippen LogP contribution >= 0.6 is 11.3 Å². The summed E-state index contributed by atoms with van der Waals surface area (Å²) in [6.45, 7) is 12.5. The molecule has 0 spiro atoms. The van der Waals surface area contributed by atoms with E-state index in [0.717, 1.165) is 4.88 Å². The van der Waals surface area contributed by atoms with Crippen LogP contribution in [0.2, 0.25) is 0 Å². The Balaban J connectivity index is 2.94. The topological polar surface area (TPSA) is 49.4 Å². The molecule has 0 bridgehead atoms. The molecule has 0 saturated heterocycles. The minimum absolute atomic E-state index is 0.0878. The zero-order chi connectivity index (χ0) is 15.3. The van der Waals surface area contributed by atoms with E-state index in [1.807, 2.05) is 13.8 Å². The Hall–Kier alpha value is -0.690. The highest BCUT2D eigenvalue weighted by Gasteiger charge is 2.26. The highest BCUT2D eigenvalue weighted by atomic mass is 32.2. The quantitative estimate of drug-likeness (QED) is 0.750. The Morgan fingerprint density at radius 1 is 1.40 bits per heavy atom. The van der Waals surface area contributed by atoms with E-state index in [0.29, 0.717) is 24.0 Å². The molecule has 1 N–H and O–H groups in total. The molecule has 1 rings (SSSR count). The minimum atomic E-state index is -3.44. The van der Waals surface area contributed by atoms with Crippen LogP contribution in [0.5, 0.6) is 0 Å². The van der Waals surface area contributed by atoms with Gasteiger partial charge in [-0.1, -0.05) is 19.9 Å². The number of nitrogens with zero attached hydrogens (tertiary/aromatic N) is 1. The highest BCUT2D eigenvalue weighted by Crippen LogP contribution is 2.24. The van der Waals surface area contributed by atoms with E-state index in [4.69, 9.17) is 0 Å². The third-order valence-electron chi connectivity index (χ3n) is 2.81. The molecule has 0 fully saturated rings. The normalized spacial score (nSPS) is 12.6. The van der Waals surface area contributed by atoms with Gasteiger partial charge in [-0.2, -0.15) is 4.31 Å². The van der Waals surface area contributed by atoms with Crippen LogP contribution in [-0.4, -0.2) is 31.4 Å². The number of rotatable bonds is 8. The van der Waals surface area contributed by atoms with Crippen molar-refractivity contribution in [3.63, 3.8) is 0 Å². The number of hydrogen-bond acceptors (Lipinski definition) is 4. The van der Waals surface area contributed by atoms with Crippen LogP contribution in [0, 0.1) is 0 Å². The maximum atomic E-state index is 12.6. The Morgan fingerprint density at radius 3 is 2.55 bits per heavy atom. The van der Waals surface area contributed by atoms with Gasteiger partial charge in [-0.25, -0.2) is 8.42 Å². The molecule has 0 saturated carbocycles. The SMILES string of the molecule is C=CCN(C(C)C)S(=O)(=O)c1csc(CNC(C)C)c1. The molecule has 0 atom stereocenters. The second kappa shape index (κ2) is 7.36. The first-order valence-corrected chi connectivity index (χ1v) is 9.04. The lowest BCUT2D eigenvalue weighted by atomic mass is 10.4. The van der Waals surface area contributed by atoms with E-state index in [1.54, 1.807) is 17.5 Å². The van der Waals surface area contributed by atoms with Crippen molar-refractivity contribution in [3.05, 3.63) is 29.0 Å². The summed E-state index contributed by atoms with van der Waals surface area (Å²) in [5.74, 6) is 0. The van der Waals surface area contributed by atoms with E-state index in [-0.39, 0.29) is 6.04 Å². The molecule has 0 aliphatic heterocycles. The molecule has 0 aliphatic carbocycles. The molecule has 0 amide bonds. The van der Waals surface area contributed by atoms with Gasteiger partial charge in [0, 0.05) is 35.4 Å². The average molecular weight is 316 g/mol. The second-order valence-corrected chi connectivity index (χ2v) is 8.13. The van der Waals surface area contributed by atoms with E-state index in [9.17, 15) is 8.42 Å². The zero-order valence-corrected chi connectivity index (χ0v) is 14.2. The molecule has 0 aromatic carbocycles. The van der Waals surface area contributed by atoms with Crippen LogP contribution in [0.1, 0.15) is 32.6 Å². The Morgan fingerprint density at radius 2 is 2.05 bits per heavy atom. The summed E-state index contributed by atoms with van der Waals surface area (Å²) in [6, 6.07) is 2.05. The van der Waals surface area contributed by atoms with Crippen molar-refractivity contribution >= 4 is 21.4 Å². The second-order valence-electron chi connectivity index (χ2n) is 5.24. The van der Waals surface area contributed by atoms with E-state index < -0.39 is 10.0 Å². The first kappa shape index (κ1) is 17.4. The summed E-state index contributed by atoms with van der Waals surface area (Å²) in [4.78, 5) is 1.40. The third kappa shape index (κ3) is 4.41. The summed E-state index contributed by atoms with van der Waals surface area (Å²) in [5.41, 5.74) is 0. The standard InChI is InChI=1S/C14H24N2O2S2/c1-6-7-16(12(4)5)20(17,18)14-8-13(19-10-14)9-15-11(2)3/h6,8,10-12,15H,1,7,9H2,2-5H3. The van der Waals surface area contributed by atoms with Crippen molar-refractivity contribution in [3.8, 4) is 0 Å². The maximum absolute atomic E-state index is 12.6. The van der Waals surface area contributed by atoms with Gasteiger partial charge in [0.2, 0.25) is 10.0 Å². The molecule has 1 aromatic heterocycles. The molecule has 20 heavy (non-hydrogen) atoms. The minimum Gasteiger partial charge on any atom is -0.310 e. The van der Waals surface area contributed by atoms with E-state index in [1.165, 1.54) is 15.6 Å². The monoisotopic (exact) mass is 316 g/mol. The fraction of sp³-hybridized carbons (Fsp3) is 0.571. The zero-order valence-electron chi connectivity index (χ0n) is 12.6. The lowest BCUT2D eigenvalue weighted by Gasteiger charge is -2.23. The van der Waals surface area contributed by atoms with Crippen LogP contribution in [0.15, 0.2) is 29.0 Å². The Kier molecular flexibility index (Phi) is 6.39. The number of sulfonamides is 1. The summed E-state index contributed by atoms with van der Waals surface area (Å²) in [6.07, 6.45) is 1.62. The molecule has 4 nitrogen and oxygen atoms in total. The van der Waals surface area contributed by atoms with Gasteiger partial charge in [0.15, 0.2) is 0 Å². The van der Waals surface area contributed by atoms with Crippen LogP contribution in [0.4, 0.5) is 0 Å². The van der Waals surface area contributed by atoms with Gasteiger partial charge in [0.05, 0.1) is 4.90 Å². The lowest BCUT2D eigenvalue weighted by molar-refractivity contribution is 0.383. The van der Waals surface area contributed by atoms with Crippen molar-refractivity contribution in [2.24, 2.45) is 0 Å². The van der Waals surface area contributed by atoms with E-state index >= 15 is 0 Å². The summed E-state index contributed by atoms with van der Waals surface area (Å²) < 4.78 is 26.6. The molecule has 0 radical (unpaired) electrons. The fourth-order valence-electron chi connectivity index (χ4n) is 1.74. The summed E-state index contributed by atoms with van der Waals surface area (Å²) in [7, 11) is -3.44. The van der Waals surface area contributed by atoms with Crippen LogP contribution < -0.4 is 5.32 Å². The van der Waals surface area contributed by atoms with Gasteiger partial charge in [0.1, 0.15) is 0 Å². The van der Waals surface area contributed by atoms with Crippen molar-refractivity contribution in [1.82, 2.24) is 9.62 Å². The van der Waals surface area contributed by atoms with Gasteiger partial charge >= 0.3 is 0 Å². The molecular formula is C14H24N2O2S2. The number of thiophene rings is 1. The Labute approximate surface area is 126 Å². The first-order chi connectivity index (χ1) is 9.28. The van der Waals surface area contributed by atoms with Gasteiger partial charge < -0.3 is 5.32 Å². The van der Waals surface area contributed by atoms with Crippen LogP contribution in [0.3, 0.4) is 0 Å². The molecule has 0 aliphatic rings. The van der Waals surface area contributed by atoms with Gasteiger partial charge in [0.25, 0.3) is 0 Å². The molecule has 114 valence electrons. The first-order valence-electron chi connectivity index (χ1n) is 6.72. The Bertz CT molecular complexity index is 533. The molecule has 6 heteroatoms. The average Bonchev–Trinajstić information content (AvgIpc) is 2.82. The van der Waals surface area contributed by atoms with Crippen LogP contribution in [0.25, 0.3) is 0 Å².